The lowest BCUT2D eigenvalue weighted by atomic mass is 10.0. The molecule has 1 amide bonds. The highest BCUT2D eigenvalue weighted by molar-refractivity contribution is 5.93. The Morgan fingerprint density at radius 2 is 2.05 bits per heavy atom. The van der Waals surface area contributed by atoms with Crippen molar-refractivity contribution >= 4 is 29.2 Å². The van der Waals surface area contributed by atoms with E-state index in [-0.39, 0.29) is 31.5 Å². The number of esters is 1. The number of benzene rings is 1. The number of Topliss-reactive ketones (excluding diaryl/α,β-unsaturated/α-hetero) is 1. The van der Waals surface area contributed by atoms with Gasteiger partial charge in [-0.25, -0.2) is 18.7 Å². The van der Waals surface area contributed by atoms with Gasteiger partial charge in [0.1, 0.15) is 17.6 Å². The van der Waals surface area contributed by atoms with E-state index in [2.05, 4.69) is 21.3 Å². The Balaban J connectivity index is 1.20. The molecule has 0 saturated carbocycles. The molecule has 202 valence electrons. The molecule has 0 radical (unpaired) electrons. The second-order valence-electron chi connectivity index (χ2n) is 9.21. The molecule has 2 saturated heterocycles. The van der Waals surface area contributed by atoms with Gasteiger partial charge in [-0.1, -0.05) is 5.21 Å². The van der Waals surface area contributed by atoms with Gasteiger partial charge in [0, 0.05) is 26.2 Å². The van der Waals surface area contributed by atoms with E-state index < -0.39 is 24.0 Å². The maximum atomic E-state index is 15.2. The summed E-state index contributed by atoms with van der Waals surface area (Å²) in [5.74, 6) is -1.04. The quantitative estimate of drug-likeness (QED) is 0.483. The van der Waals surface area contributed by atoms with Gasteiger partial charge in [-0.05, 0) is 38.0 Å². The number of cyclic esters (lactones) is 1. The van der Waals surface area contributed by atoms with Gasteiger partial charge in [0.2, 0.25) is 0 Å². The molecule has 3 aliphatic heterocycles. The van der Waals surface area contributed by atoms with Gasteiger partial charge in [0.15, 0.2) is 11.5 Å². The topological polar surface area (TPSA) is 134 Å². The third-order valence-corrected chi connectivity index (χ3v) is 6.77. The average Bonchev–Trinajstić information content (AvgIpc) is 3.64. The molecular formula is C24H29FN8O5. The standard InChI is InChI=1S/C24H29FN8O5/c1-3-37-23(35)22-12-27-29-33(22)16-6-8-30(9-7-16)20-5-4-17(10-19(20)25)31-13-18(38-24(31)36)14-32-21(15(2)34)11-26-28-32/h4-5,10-12,16,18,26,28H,3,6-9,13-14H2,1-2H3/t18-/m1/s1. The summed E-state index contributed by atoms with van der Waals surface area (Å²) in [7, 11) is 0. The Bertz CT molecular complexity index is 1260. The Labute approximate surface area is 218 Å². The first-order chi connectivity index (χ1) is 18.4. The largest absolute Gasteiger partial charge is 0.461 e. The number of carbonyl (C=O) groups excluding carboxylic acids is 3. The van der Waals surface area contributed by atoms with E-state index >= 15 is 4.39 Å². The third-order valence-electron chi connectivity index (χ3n) is 6.77. The number of nitrogens with one attached hydrogen (secondary N) is 2. The van der Waals surface area contributed by atoms with Crippen LogP contribution in [0.1, 0.15) is 43.2 Å². The Morgan fingerprint density at radius 1 is 1.26 bits per heavy atom. The maximum absolute atomic E-state index is 15.2. The highest BCUT2D eigenvalue weighted by atomic mass is 19.1. The zero-order chi connectivity index (χ0) is 26.8. The van der Waals surface area contributed by atoms with Gasteiger partial charge in [0.05, 0.1) is 43.3 Å². The number of hydrogen-bond acceptors (Lipinski definition) is 11. The number of piperidine rings is 1. The lowest BCUT2D eigenvalue weighted by Crippen LogP contribution is -2.44. The van der Waals surface area contributed by atoms with Crippen molar-refractivity contribution < 1.29 is 28.2 Å². The number of halogens is 1. The van der Waals surface area contributed by atoms with Crippen LogP contribution in [0.4, 0.5) is 20.6 Å². The minimum absolute atomic E-state index is 0.0505. The molecule has 13 nitrogen and oxygen atoms in total. The molecule has 38 heavy (non-hydrogen) atoms. The van der Waals surface area contributed by atoms with Crippen LogP contribution in [0.5, 0.6) is 0 Å². The van der Waals surface area contributed by atoms with Gasteiger partial charge in [-0.15, -0.1) is 10.6 Å². The first-order valence-electron chi connectivity index (χ1n) is 12.5. The summed E-state index contributed by atoms with van der Waals surface area (Å²) in [5, 5.41) is 9.50. The van der Waals surface area contributed by atoms with Crippen LogP contribution in [0.15, 0.2) is 36.3 Å². The monoisotopic (exact) mass is 528 g/mol. The van der Waals surface area contributed by atoms with Crippen LogP contribution in [0.25, 0.3) is 0 Å². The Hall–Kier alpha value is -4.20. The molecule has 1 aromatic heterocycles. The van der Waals surface area contributed by atoms with Crippen molar-refractivity contribution in [3.63, 3.8) is 0 Å². The number of anilines is 2. The molecule has 2 aromatic rings. The van der Waals surface area contributed by atoms with Gasteiger partial charge in [-0.2, -0.15) is 0 Å². The van der Waals surface area contributed by atoms with Crippen molar-refractivity contribution in [3.8, 4) is 0 Å². The molecule has 0 spiro atoms. The number of hydrogen-bond donors (Lipinski definition) is 2. The van der Waals surface area contributed by atoms with Gasteiger partial charge < -0.3 is 19.8 Å². The van der Waals surface area contributed by atoms with Crippen LogP contribution >= 0.6 is 0 Å². The number of hydrazine groups is 2. The molecule has 1 aromatic carbocycles. The molecule has 14 heteroatoms. The zero-order valence-corrected chi connectivity index (χ0v) is 21.1. The van der Waals surface area contributed by atoms with Crippen LogP contribution in [0, 0.1) is 5.82 Å². The highest BCUT2D eigenvalue weighted by Crippen LogP contribution is 2.32. The average molecular weight is 529 g/mol. The Morgan fingerprint density at radius 3 is 2.76 bits per heavy atom. The molecular weight excluding hydrogens is 499 g/mol. The summed E-state index contributed by atoms with van der Waals surface area (Å²) in [4.78, 5) is 39.8. The van der Waals surface area contributed by atoms with Crippen molar-refractivity contribution in [3.05, 3.63) is 47.8 Å². The number of amides is 1. The van der Waals surface area contributed by atoms with E-state index in [1.165, 1.54) is 24.1 Å². The highest BCUT2D eigenvalue weighted by Gasteiger charge is 2.36. The van der Waals surface area contributed by atoms with E-state index in [4.69, 9.17) is 9.47 Å². The van der Waals surface area contributed by atoms with Gasteiger partial charge in [-0.3, -0.25) is 14.7 Å². The molecule has 5 rings (SSSR count). The van der Waals surface area contributed by atoms with Crippen molar-refractivity contribution in [1.29, 1.82) is 0 Å². The van der Waals surface area contributed by atoms with Crippen LogP contribution in [0.3, 0.4) is 0 Å². The van der Waals surface area contributed by atoms with Crippen molar-refractivity contribution in [1.82, 2.24) is 31.0 Å². The molecule has 1 atom stereocenters. The number of allylic oxidation sites excluding steroid dienone is 1. The lowest BCUT2D eigenvalue weighted by molar-refractivity contribution is -0.115. The summed E-state index contributed by atoms with van der Waals surface area (Å²) >= 11 is 0. The number of ether oxygens (including phenoxy) is 2. The van der Waals surface area contributed by atoms with Crippen molar-refractivity contribution in [2.45, 2.75) is 38.8 Å². The minimum atomic E-state index is -0.575. The number of ketones is 1. The summed E-state index contributed by atoms with van der Waals surface area (Å²) < 4.78 is 27.3. The van der Waals surface area contributed by atoms with Crippen molar-refractivity contribution in [2.75, 3.05) is 42.6 Å². The third kappa shape index (κ3) is 4.98. The summed E-state index contributed by atoms with van der Waals surface area (Å²) in [5.41, 5.74) is 7.15. The fraction of sp³-hybridized carbons (Fsp3) is 0.458. The number of carbonyl (C=O) groups is 3. The predicted octanol–water partition coefficient (Wildman–Crippen LogP) is 1.52. The van der Waals surface area contributed by atoms with Crippen LogP contribution in [-0.2, 0) is 14.3 Å². The second kappa shape index (κ2) is 10.7. The second-order valence-corrected chi connectivity index (χ2v) is 9.21. The first-order valence-corrected chi connectivity index (χ1v) is 12.5. The summed E-state index contributed by atoms with van der Waals surface area (Å²) in [6.45, 7) is 5.02. The smallest absolute Gasteiger partial charge is 0.414 e. The van der Waals surface area contributed by atoms with E-state index in [0.29, 0.717) is 48.7 Å². The molecule has 0 bridgehead atoms. The minimum Gasteiger partial charge on any atom is -0.461 e. The van der Waals surface area contributed by atoms with Crippen LogP contribution in [0.2, 0.25) is 0 Å². The first kappa shape index (κ1) is 25.4. The molecule has 2 fully saturated rings. The van der Waals surface area contributed by atoms with Gasteiger partial charge in [0.25, 0.3) is 0 Å². The molecule has 0 aliphatic carbocycles. The SMILES string of the molecule is CCOC(=O)c1cnnn1C1CCN(c2ccc(N3C[C@H](CN4NNC=C4C(C)=O)OC3=O)cc2F)CC1. The fourth-order valence-electron chi connectivity index (χ4n) is 4.92. The molecule has 3 aliphatic rings. The maximum Gasteiger partial charge on any atom is 0.414 e. The number of aromatic nitrogens is 3. The molecule has 2 N–H and O–H groups in total. The van der Waals surface area contributed by atoms with E-state index in [0.717, 1.165) is 0 Å². The van der Waals surface area contributed by atoms with Crippen molar-refractivity contribution in [2.24, 2.45) is 0 Å². The number of rotatable bonds is 8. The van der Waals surface area contributed by atoms with E-state index in [1.807, 2.05) is 4.90 Å². The Kier molecular flexibility index (Phi) is 7.13. The predicted molar refractivity (Wildman–Crippen MR) is 132 cm³/mol. The normalized spacial score (nSPS) is 19.9. The summed E-state index contributed by atoms with van der Waals surface area (Å²) in [6.07, 6.45) is 3.14. The van der Waals surface area contributed by atoms with E-state index in [9.17, 15) is 14.4 Å². The van der Waals surface area contributed by atoms with E-state index in [1.54, 1.807) is 34.9 Å². The lowest BCUT2D eigenvalue weighted by Gasteiger charge is -2.34. The van der Waals surface area contributed by atoms with Gasteiger partial charge >= 0.3 is 12.1 Å². The molecule has 0 unspecified atom stereocenters. The van der Waals surface area contributed by atoms with Crippen LogP contribution < -0.4 is 20.8 Å². The summed E-state index contributed by atoms with van der Waals surface area (Å²) in [6, 6.07) is 4.64. The number of nitrogens with zero attached hydrogens (tertiary/aromatic N) is 6. The zero-order valence-electron chi connectivity index (χ0n) is 21.1. The fourth-order valence-corrected chi connectivity index (χ4v) is 4.92. The van der Waals surface area contributed by atoms with Crippen LogP contribution in [-0.4, -0.2) is 76.7 Å². The molecule has 4 heterocycles.